The Hall–Kier alpha value is -0.980. The Balaban J connectivity index is 1.85. The Morgan fingerprint density at radius 2 is 2.20 bits per heavy atom. The highest BCUT2D eigenvalue weighted by Gasteiger charge is 2.09. The number of aromatic amines is 1. The summed E-state index contributed by atoms with van der Waals surface area (Å²) < 4.78 is 5.99. The minimum absolute atomic E-state index is 0.566. The number of nitrogens with one attached hydrogen (secondary N) is 2. The molecule has 6 heteroatoms. The molecule has 2 N–H and O–H groups in total. The maximum Gasteiger partial charge on any atom is 0.131 e. The van der Waals surface area contributed by atoms with Gasteiger partial charge in [-0.1, -0.05) is 26.1 Å². The monoisotopic (exact) mass is 296 g/mol. The molecule has 1 aromatic heterocycles. The van der Waals surface area contributed by atoms with Crippen LogP contribution in [0.25, 0.3) is 0 Å². The maximum atomic E-state index is 5.34. The molecule has 112 valence electrons. The summed E-state index contributed by atoms with van der Waals surface area (Å²) in [6.07, 6.45) is 0.919. The van der Waals surface area contributed by atoms with Gasteiger partial charge in [0.25, 0.3) is 0 Å². The summed E-state index contributed by atoms with van der Waals surface area (Å²) in [6, 6.07) is 1.89. The van der Waals surface area contributed by atoms with Crippen LogP contribution in [-0.2, 0) is 11.2 Å². The number of hydrogen-bond donors (Lipinski definition) is 2. The molecule has 0 saturated carbocycles. The van der Waals surface area contributed by atoms with E-state index in [9.17, 15) is 0 Å². The zero-order valence-electron chi connectivity index (χ0n) is 12.3. The van der Waals surface area contributed by atoms with Crippen LogP contribution in [0.15, 0.2) is 6.07 Å². The van der Waals surface area contributed by atoms with E-state index in [1.165, 1.54) is 0 Å². The molecule has 2 rings (SSSR count). The van der Waals surface area contributed by atoms with Gasteiger partial charge in [-0.2, -0.15) is 0 Å². The highest BCUT2D eigenvalue weighted by molar-refractivity contribution is 7.71. The molecule has 1 aromatic rings. The van der Waals surface area contributed by atoms with E-state index in [4.69, 9.17) is 17.0 Å². The molecule has 1 fully saturated rings. The van der Waals surface area contributed by atoms with Crippen molar-refractivity contribution in [3.05, 3.63) is 16.5 Å². The highest BCUT2D eigenvalue weighted by Crippen LogP contribution is 2.08. The number of ether oxygens (including phenoxy) is 1. The maximum absolute atomic E-state index is 5.34. The van der Waals surface area contributed by atoms with Crippen molar-refractivity contribution in [3.63, 3.8) is 0 Å². The van der Waals surface area contributed by atoms with Gasteiger partial charge in [0.05, 0.1) is 13.2 Å². The zero-order valence-corrected chi connectivity index (χ0v) is 13.1. The van der Waals surface area contributed by atoms with Gasteiger partial charge in [0, 0.05) is 38.7 Å². The SMILES string of the molecule is CC(C)Cc1nc(=S)cc(NCCN2CCOCC2)[nH]1. The zero-order chi connectivity index (χ0) is 14.4. The van der Waals surface area contributed by atoms with Crippen molar-refractivity contribution in [2.75, 3.05) is 44.7 Å². The lowest BCUT2D eigenvalue weighted by Gasteiger charge is -2.26. The summed E-state index contributed by atoms with van der Waals surface area (Å²) in [5.74, 6) is 2.49. The minimum Gasteiger partial charge on any atom is -0.379 e. The number of rotatable bonds is 6. The number of H-pyrrole nitrogens is 1. The predicted molar refractivity (Wildman–Crippen MR) is 83.7 cm³/mol. The summed E-state index contributed by atoms with van der Waals surface area (Å²) >= 11 is 5.22. The third kappa shape index (κ3) is 5.19. The number of nitrogens with zero attached hydrogens (tertiary/aromatic N) is 2. The van der Waals surface area contributed by atoms with Gasteiger partial charge in [0.2, 0.25) is 0 Å². The molecule has 1 aliphatic heterocycles. The Morgan fingerprint density at radius 3 is 2.90 bits per heavy atom. The van der Waals surface area contributed by atoms with Crippen LogP contribution in [0, 0.1) is 10.6 Å². The fraction of sp³-hybridized carbons (Fsp3) is 0.714. The standard InChI is InChI=1S/C14H24N4OS/c1-11(2)9-13-16-12(10-14(20)17-13)15-3-4-18-5-7-19-8-6-18/h10-11H,3-9H2,1-2H3,(H2,15,16,17,20). The van der Waals surface area contributed by atoms with E-state index in [0.717, 1.165) is 57.5 Å². The molecule has 0 amide bonds. The van der Waals surface area contributed by atoms with Crippen LogP contribution in [0.4, 0.5) is 5.82 Å². The number of hydrogen-bond acceptors (Lipinski definition) is 5. The molecule has 0 aliphatic carbocycles. The number of anilines is 1. The summed E-state index contributed by atoms with van der Waals surface area (Å²) in [5.41, 5.74) is 0. The summed E-state index contributed by atoms with van der Waals surface area (Å²) in [4.78, 5) is 10.1. The van der Waals surface area contributed by atoms with Crippen LogP contribution in [0.3, 0.4) is 0 Å². The van der Waals surface area contributed by atoms with Gasteiger partial charge in [0.1, 0.15) is 16.3 Å². The molecule has 0 atom stereocenters. The van der Waals surface area contributed by atoms with Gasteiger partial charge in [-0.25, -0.2) is 4.98 Å². The average molecular weight is 296 g/mol. The molecular formula is C14H24N4OS. The molecule has 0 radical (unpaired) electrons. The van der Waals surface area contributed by atoms with Gasteiger partial charge in [-0.3, -0.25) is 4.90 Å². The van der Waals surface area contributed by atoms with Crippen molar-refractivity contribution in [1.29, 1.82) is 0 Å². The van der Waals surface area contributed by atoms with Crippen LogP contribution in [0.2, 0.25) is 0 Å². The topological polar surface area (TPSA) is 53.2 Å². The molecule has 20 heavy (non-hydrogen) atoms. The van der Waals surface area contributed by atoms with Gasteiger partial charge >= 0.3 is 0 Å². The van der Waals surface area contributed by atoms with Crippen LogP contribution in [0.5, 0.6) is 0 Å². The third-order valence-electron chi connectivity index (χ3n) is 3.24. The Bertz CT molecular complexity index is 468. The van der Waals surface area contributed by atoms with E-state index < -0.39 is 0 Å². The van der Waals surface area contributed by atoms with E-state index in [1.807, 2.05) is 6.07 Å². The number of morpholine rings is 1. The molecule has 0 bridgehead atoms. The van der Waals surface area contributed by atoms with E-state index in [-0.39, 0.29) is 0 Å². The second-order valence-corrected chi connectivity index (χ2v) is 5.98. The van der Waals surface area contributed by atoms with E-state index in [2.05, 4.69) is 34.0 Å². The molecule has 1 aliphatic rings. The largest absolute Gasteiger partial charge is 0.379 e. The minimum atomic E-state index is 0.566. The van der Waals surface area contributed by atoms with Crippen molar-refractivity contribution >= 4 is 18.0 Å². The molecule has 2 heterocycles. The normalized spacial score (nSPS) is 16.6. The molecular weight excluding hydrogens is 272 g/mol. The lowest BCUT2D eigenvalue weighted by atomic mass is 10.1. The second kappa shape index (κ2) is 7.71. The Kier molecular flexibility index (Phi) is 5.94. The molecule has 0 aromatic carbocycles. The smallest absolute Gasteiger partial charge is 0.131 e. The lowest BCUT2D eigenvalue weighted by molar-refractivity contribution is 0.0398. The average Bonchev–Trinajstić information content (AvgIpc) is 2.38. The van der Waals surface area contributed by atoms with Crippen molar-refractivity contribution in [3.8, 4) is 0 Å². The highest BCUT2D eigenvalue weighted by atomic mass is 32.1. The van der Waals surface area contributed by atoms with Crippen molar-refractivity contribution in [2.24, 2.45) is 5.92 Å². The van der Waals surface area contributed by atoms with Gasteiger partial charge in [0.15, 0.2) is 0 Å². The van der Waals surface area contributed by atoms with E-state index >= 15 is 0 Å². The summed E-state index contributed by atoms with van der Waals surface area (Å²) in [5, 5.41) is 3.40. The quantitative estimate of drug-likeness (QED) is 0.787. The fourth-order valence-corrected chi connectivity index (χ4v) is 2.49. The Labute approximate surface area is 125 Å². The van der Waals surface area contributed by atoms with Crippen LogP contribution in [0.1, 0.15) is 19.7 Å². The number of aromatic nitrogens is 2. The molecule has 0 unspecified atom stereocenters. The fourth-order valence-electron chi connectivity index (χ4n) is 2.26. The van der Waals surface area contributed by atoms with Gasteiger partial charge < -0.3 is 15.0 Å². The van der Waals surface area contributed by atoms with Crippen LogP contribution >= 0.6 is 12.2 Å². The van der Waals surface area contributed by atoms with Gasteiger partial charge in [-0.05, 0) is 5.92 Å². The molecule has 5 nitrogen and oxygen atoms in total. The second-order valence-electron chi connectivity index (χ2n) is 5.56. The van der Waals surface area contributed by atoms with E-state index in [0.29, 0.717) is 10.6 Å². The lowest BCUT2D eigenvalue weighted by Crippen LogP contribution is -2.39. The van der Waals surface area contributed by atoms with Gasteiger partial charge in [-0.15, -0.1) is 0 Å². The van der Waals surface area contributed by atoms with E-state index in [1.54, 1.807) is 0 Å². The first-order valence-electron chi connectivity index (χ1n) is 7.27. The first-order valence-corrected chi connectivity index (χ1v) is 7.68. The predicted octanol–water partition coefficient (Wildman–Crippen LogP) is 2.08. The summed E-state index contributed by atoms with van der Waals surface area (Å²) in [6.45, 7) is 10.0. The van der Waals surface area contributed by atoms with Crippen molar-refractivity contribution in [2.45, 2.75) is 20.3 Å². The molecule has 0 spiro atoms. The third-order valence-corrected chi connectivity index (χ3v) is 3.45. The van der Waals surface area contributed by atoms with Crippen LogP contribution < -0.4 is 5.32 Å². The van der Waals surface area contributed by atoms with Crippen LogP contribution in [-0.4, -0.2) is 54.3 Å². The first kappa shape index (κ1) is 15.4. The molecule has 1 saturated heterocycles. The Morgan fingerprint density at radius 1 is 1.45 bits per heavy atom. The van der Waals surface area contributed by atoms with Crippen molar-refractivity contribution in [1.82, 2.24) is 14.9 Å². The first-order chi connectivity index (χ1) is 9.63. The van der Waals surface area contributed by atoms with Crippen molar-refractivity contribution < 1.29 is 4.74 Å². The summed E-state index contributed by atoms with van der Waals surface area (Å²) in [7, 11) is 0.